The number of aromatic amines is 1. The molecule has 0 aliphatic heterocycles. The van der Waals surface area contributed by atoms with Crippen molar-refractivity contribution in [3.8, 4) is 0 Å². The van der Waals surface area contributed by atoms with Gasteiger partial charge >= 0.3 is 0 Å². The first-order chi connectivity index (χ1) is 6.81. The molecule has 0 aliphatic rings. The molecule has 74 valence electrons. The maximum Gasteiger partial charge on any atom is 0.0647 e. The summed E-state index contributed by atoms with van der Waals surface area (Å²) >= 11 is 7.97. The van der Waals surface area contributed by atoms with Gasteiger partial charge in [0.25, 0.3) is 0 Å². The number of H-pyrrole nitrogens is 1. The van der Waals surface area contributed by atoms with E-state index in [4.69, 9.17) is 11.6 Å². The predicted molar refractivity (Wildman–Crippen MR) is 65.1 cm³/mol. The molecule has 2 rings (SSSR count). The summed E-state index contributed by atoms with van der Waals surface area (Å²) in [5.74, 6) is 2.17. The van der Waals surface area contributed by atoms with Crippen molar-refractivity contribution in [1.29, 1.82) is 0 Å². The van der Waals surface area contributed by atoms with Gasteiger partial charge in [0.1, 0.15) is 0 Å². The summed E-state index contributed by atoms with van der Waals surface area (Å²) in [6.07, 6.45) is 0. The molecule has 3 heteroatoms. The lowest BCUT2D eigenvalue weighted by Crippen LogP contribution is -1.79. The molecule has 0 radical (unpaired) electrons. The van der Waals surface area contributed by atoms with Crippen LogP contribution in [-0.4, -0.2) is 10.7 Å². The molecule has 0 bridgehead atoms. The molecule has 1 aromatic heterocycles. The van der Waals surface area contributed by atoms with Crippen molar-refractivity contribution < 1.29 is 0 Å². The number of fused-ring (bicyclic) bond motifs is 1. The lowest BCUT2D eigenvalue weighted by atomic mass is 10.2. The zero-order valence-electron chi connectivity index (χ0n) is 8.01. The van der Waals surface area contributed by atoms with Gasteiger partial charge in [0.15, 0.2) is 0 Å². The first-order valence-corrected chi connectivity index (χ1v) is 6.18. The normalized spacial score (nSPS) is 11.0. The molecule has 2 aromatic rings. The quantitative estimate of drug-likeness (QED) is 0.833. The van der Waals surface area contributed by atoms with E-state index >= 15 is 0 Å². The first kappa shape index (κ1) is 9.94. The second-order valence-electron chi connectivity index (χ2n) is 3.14. The van der Waals surface area contributed by atoms with E-state index in [1.807, 2.05) is 23.9 Å². The largest absolute Gasteiger partial charge is 0.356 e. The van der Waals surface area contributed by atoms with E-state index in [9.17, 15) is 0 Å². The molecule has 0 saturated heterocycles. The lowest BCUT2D eigenvalue weighted by Gasteiger charge is -1.93. The zero-order chi connectivity index (χ0) is 9.97. The molecule has 1 heterocycles. The molecule has 0 spiro atoms. The number of hydrogen-bond acceptors (Lipinski definition) is 1. The molecular weight excluding hydrogens is 214 g/mol. The lowest BCUT2D eigenvalue weighted by molar-refractivity contribution is 1.26. The molecular formula is C11H12ClNS. The Morgan fingerprint density at radius 3 is 3.00 bits per heavy atom. The van der Waals surface area contributed by atoms with Gasteiger partial charge in [-0.2, -0.15) is 11.8 Å². The second-order valence-corrected chi connectivity index (χ2v) is 4.82. The van der Waals surface area contributed by atoms with Gasteiger partial charge in [-0.15, -0.1) is 0 Å². The maximum absolute atomic E-state index is 6.07. The third-order valence-electron chi connectivity index (χ3n) is 2.12. The number of benzene rings is 1. The van der Waals surface area contributed by atoms with Crippen molar-refractivity contribution in [3.05, 3.63) is 35.0 Å². The molecule has 0 fully saturated rings. The molecule has 0 atom stereocenters. The summed E-state index contributed by atoms with van der Waals surface area (Å²) in [7, 11) is 0. The standard InChI is InChI=1S/C11H12ClNS/c1-2-14-7-9-6-8-4-3-5-10(12)11(8)13-9/h3-6,13H,2,7H2,1H3. The predicted octanol–water partition coefficient (Wildman–Crippen LogP) is 4.07. The Hall–Kier alpha value is -0.600. The Morgan fingerprint density at radius 1 is 1.43 bits per heavy atom. The number of nitrogens with one attached hydrogen (secondary N) is 1. The van der Waals surface area contributed by atoms with Crippen molar-refractivity contribution in [3.63, 3.8) is 0 Å². The zero-order valence-corrected chi connectivity index (χ0v) is 9.58. The van der Waals surface area contributed by atoms with Crippen LogP contribution in [0.2, 0.25) is 5.02 Å². The first-order valence-electron chi connectivity index (χ1n) is 4.65. The highest BCUT2D eigenvalue weighted by atomic mass is 35.5. The highest BCUT2D eigenvalue weighted by Crippen LogP contribution is 2.24. The maximum atomic E-state index is 6.07. The van der Waals surface area contributed by atoms with Gasteiger partial charge in [0.05, 0.1) is 10.5 Å². The van der Waals surface area contributed by atoms with Gasteiger partial charge in [0, 0.05) is 16.8 Å². The van der Waals surface area contributed by atoms with Crippen LogP contribution in [0, 0.1) is 0 Å². The van der Waals surface area contributed by atoms with Crippen molar-refractivity contribution in [2.75, 3.05) is 5.75 Å². The number of para-hydroxylation sites is 1. The summed E-state index contributed by atoms with van der Waals surface area (Å²) in [6, 6.07) is 8.15. The average Bonchev–Trinajstić information content (AvgIpc) is 2.59. The third kappa shape index (κ3) is 1.91. The van der Waals surface area contributed by atoms with E-state index in [2.05, 4.69) is 24.0 Å². The summed E-state index contributed by atoms with van der Waals surface area (Å²) in [5, 5.41) is 2.00. The summed E-state index contributed by atoms with van der Waals surface area (Å²) in [6.45, 7) is 2.17. The third-order valence-corrected chi connectivity index (χ3v) is 3.36. The number of hydrogen-bond donors (Lipinski definition) is 1. The average molecular weight is 226 g/mol. The van der Waals surface area contributed by atoms with Crippen LogP contribution in [0.5, 0.6) is 0 Å². The van der Waals surface area contributed by atoms with E-state index in [1.165, 1.54) is 11.1 Å². The minimum atomic E-state index is 0.801. The highest BCUT2D eigenvalue weighted by molar-refractivity contribution is 7.98. The van der Waals surface area contributed by atoms with Crippen molar-refractivity contribution >= 4 is 34.3 Å². The Kier molecular flexibility index (Phi) is 3.04. The van der Waals surface area contributed by atoms with Gasteiger partial charge in [-0.1, -0.05) is 30.7 Å². The molecule has 0 aliphatic carbocycles. The minimum Gasteiger partial charge on any atom is -0.356 e. The highest BCUT2D eigenvalue weighted by Gasteiger charge is 2.02. The van der Waals surface area contributed by atoms with E-state index in [0.29, 0.717) is 0 Å². The van der Waals surface area contributed by atoms with Crippen LogP contribution in [0.3, 0.4) is 0 Å². The molecule has 1 N–H and O–H groups in total. The van der Waals surface area contributed by atoms with Gasteiger partial charge in [-0.05, 0) is 17.9 Å². The number of halogens is 1. The van der Waals surface area contributed by atoms with Crippen LogP contribution in [-0.2, 0) is 5.75 Å². The van der Waals surface area contributed by atoms with Crippen LogP contribution in [0.4, 0.5) is 0 Å². The van der Waals surface area contributed by atoms with Crippen LogP contribution >= 0.6 is 23.4 Å². The van der Waals surface area contributed by atoms with E-state index in [1.54, 1.807) is 0 Å². The summed E-state index contributed by atoms with van der Waals surface area (Å²) in [5.41, 5.74) is 2.31. The molecule has 1 nitrogen and oxygen atoms in total. The fourth-order valence-corrected chi connectivity index (χ4v) is 2.28. The van der Waals surface area contributed by atoms with E-state index in [-0.39, 0.29) is 0 Å². The van der Waals surface area contributed by atoms with Gasteiger partial charge < -0.3 is 4.98 Å². The van der Waals surface area contributed by atoms with Gasteiger partial charge in [-0.3, -0.25) is 0 Å². The fourth-order valence-electron chi connectivity index (χ4n) is 1.47. The van der Waals surface area contributed by atoms with E-state index in [0.717, 1.165) is 22.0 Å². The Balaban J connectivity index is 2.36. The van der Waals surface area contributed by atoms with Crippen LogP contribution in [0.25, 0.3) is 10.9 Å². The molecule has 0 unspecified atom stereocenters. The second kappa shape index (κ2) is 4.28. The summed E-state index contributed by atoms with van der Waals surface area (Å²) in [4.78, 5) is 3.35. The van der Waals surface area contributed by atoms with E-state index < -0.39 is 0 Å². The Bertz CT molecular complexity index is 436. The molecule has 1 aromatic carbocycles. The summed E-state index contributed by atoms with van der Waals surface area (Å²) < 4.78 is 0. The van der Waals surface area contributed by atoms with Crippen LogP contribution < -0.4 is 0 Å². The van der Waals surface area contributed by atoms with Crippen molar-refractivity contribution in [1.82, 2.24) is 4.98 Å². The number of rotatable bonds is 3. The smallest absolute Gasteiger partial charge is 0.0647 e. The Labute approximate surface area is 92.8 Å². The Morgan fingerprint density at radius 2 is 2.29 bits per heavy atom. The SMILES string of the molecule is CCSCc1cc2cccc(Cl)c2[nH]1. The van der Waals surface area contributed by atoms with Crippen LogP contribution in [0.15, 0.2) is 24.3 Å². The van der Waals surface area contributed by atoms with Gasteiger partial charge in [-0.25, -0.2) is 0 Å². The fraction of sp³-hybridized carbons (Fsp3) is 0.273. The van der Waals surface area contributed by atoms with Crippen molar-refractivity contribution in [2.45, 2.75) is 12.7 Å². The molecule has 0 saturated carbocycles. The number of aromatic nitrogens is 1. The minimum absolute atomic E-state index is 0.801. The van der Waals surface area contributed by atoms with Crippen molar-refractivity contribution in [2.24, 2.45) is 0 Å². The van der Waals surface area contributed by atoms with Crippen LogP contribution in [0.1, 0.15) is 12.6 Å². The number of thioether (sulfide) groups is 1. The molecule has 14 heavy (non-hydrogen) atoms. The molecule has 0 amide bonds. The van der Waals surface area contributed by atoms with Gasteiger partial charge in [0.2, 0.25) is 0 Å². The monoisotopic (exact) mass is 225 g/mol. The topological polar surface area (TPSA) is 15.8 Å².